The van der Waals surface area contributed by atoms with Crippen molar-refractivity contribution in [3.63, 3.8) is 0 Å². The van der Waals surface area contributed by atoms with Crippen LogP contribution in [0.2, 0.25) is 5.02 Å². The standard InChI is InChI=1S/C20H21ClF3N3O2/c21-17-10-16(20(22,23)24)12-27(19(17)29)13-18(28)25-7-9-26-8-6-15(11-26)14-4-2-1-3-5-14/h1-5,10,12,15H,6-9,11,13H2,(H,25,28)/t15-/m1/s1. The lowest BCUT2D eigenvalue weighted by Gasteiger charge is -2.17. The van der Waals surface area contributed by atoms with Gasteiger partial charge in [0.05, 0.1) is 5.56 Å². The van der Waals surface area contributed by atoms with Crippen molar-refractivity contribution in [3.8, 4) is 0 Å². The minimum Gasteiger partial charge on any atom is -0.353 e. The second-order valence-corrected chi connectivity index (χ2v) is 7.46. The molecule has 1 fully saturated rings. The van der Waals surface area contributed by atoms with Gasteiger partial charge in [0.15, 0.2) is 0 Å². The van der Waals surface area contributed by atoms with Crippen LogP contribution >= 0.6 is 11.6 Å². The van der Waals surface area contributed by atoms with Crippen LogP contribution in [0, 0.1) is 0 Å². The summed E-state index contributed by atoms with van der Waals surface area (Å²) in [6.45, 7) is 2.27. The fourth-order valence-electron chi connectivity index (χ4n) is 3.47. The van der Waals surface area contributed by atoms with Gasteiger partial charge in [0.1, 0.15) is 11.6 Å². The highest BCUT2D eigenvalue weighted by Crippen LogP contribution is 2.29. The molecule has 0 unspecified atom stereocenters. The Bertz CT molecular complexity index is 915. The zero-order valence-corrected chi connectivity index (χ0v) is 16.3. The quantitative estimate of drug-likeness (QED) is 0.770. The van der Waals surface area contributed by atoms with Crippen LogP contribution in [0.5, 0.6) is 0 Å². The lowest BCUT2D eigenvalue weighted by Crippen LogP contribution is -2.37. The molecule has 1 atom stereocenters. The summed E-state index contributed by atoms with van der Waals surface area (Å²) in [6, 6.07) is 10.8. The van der Waals surface area contributed by atoms with Crippen molar-refractivity contribution < 1.29 is 18.0 Å². The number of likely N-dealkylation sites (tertiary alicyclic amines) is 1. The van der Waals surface area contributed by atoms with Crippen molar-refractivity contribution in [2.75, 3.05) is 26.2 Å². The van der Waals surface area contributed by atoms with E-state index in [2.05, 4.69) is 22.3 Å². The molecule has 0 saturated carbocycles. The molecule has 0 bridgehead atoms. The molecule has 29 heavy (non-hydrogen) atoms. The highest BCUT2D eigenvalue weighted by molar-refractivity contribution is 6.30. The van der Waals surface area contributed by atoms with Gasteiger partial charge in [-0.1, -0.05) is 41.9 Å². The minimum atomic E-state index is -4.65. The number of halogens is 4. The van der Waals surface area contributed by atoms with Crippen molar-refractivity contribution in [2.45, 2.75) is 25.1 Å². The number of pyridine rings is 1. The molecule has 1 aromatic carbocycles. The van der Waals surface area contributed by atoms with E-state index in [1.807, 2.05) is 18.2 Å². The molecule has 1 saturated heterocycles. The SMILES string of the molecule is O=C(Cn1cc(C(F)(F)F)cc(Cl)c1=O)NCCN1CC[C@@H](c2ccccc2)C1. The number of carbonyl (C=O) groups is 1. The summed E-state index contributed by atoms with van der Waals surface area (Å²) < 4.78 is 39.3. The summed E-state index contributed by atoms with van der Waals surface area (Å²) >= 11 is 5.59. The number of hydrogen-bond acceptors (Lipinski definition) is 3. The summed E-state index contributed by atoms with van der Waals surface area (Å²) in [7, 11) is 0. The number of amides is 1. The molecule has 0 radical (unpaired) electrons. The normalized spacial score (nSPS) is 17.4. The van der Waals surface area contributed by atoms with Crippen molar-refractivity contribution >= 4 is 17.5 Å². The summed E-state index contributed by atoms with van der Waals surface area (Å²) in [4.78, 5) is 26.2. The van der Waals surface area contributed by atoms with Gasteiger partial charge < -0.3 is 14.8 Å². The van der Waals surface area contributed by atoms with Crippen molar-refractivity contribution in [1.29, 1.82) is 0 Å². The molecule has 1 N–H and O–H groups in total. The van der Waals surface area contributed by atoms with Gasteiger partial charge in [0.25, 0.3) is 5.56 Å². The number of benzene rings is 1. The summed E-state index contributed by atoms with van der Waals surface area (Å²) in [5, 5.41) is 2.08. The Morgan fingerprint density at radius 1 is 1.24 bits per heavy atom. The Labute approximate surface area is 171 Å². The number of alkyl halides is 3. The molecule has 1 aliphatic heterocycles. The first-order valence-corrected chi connectivity index (χ1v) is 9.63. The van der Waals surface area contributed by atoms with E-state index in [-0.39, 0.29) is 0 Å². The second kappa shape index (κ2) is 9.00. The zero-order chi connectivity index (χ0) is 21.0. The van der Waals surface area contributed by atoms with E-state index in [0.717, 1.165) is 19.5 Å². The van der Waals surface area contributed by atoms with E-state index in [0.29, 0.717) is 35.8 Å². The van der Waals surface area contributed by atoms with Crippen LogP contribution in [0.4, 0.5) is 13.2 Å². The zero-order valence-electron chi connectivity index (χ0n) is 15.6. The van der Waals surface area contributed by atoms with Gasteiger partial charge >= 0.3 is 6.18 Å². The van der Waals surface area contributed by atoms with Gasteiger partial charge in [-0.25, -0.2) is 0 Å². The third-order valence-corrected chi connectivity index (χ3v) is 5.25. The van der Waals surface area contributed by atoms with Crippen LogP contribution in [-0.2, 0) is 17.5 Å². The average Bonchev–Trinajstić information content (AvgIpc) is 3.14. The highest BCUT2D eigenvalue weighted by atomic mass is 35.5. The summed E-state index contributed by atoms with van der Waals surface area (Å²) in [6.07, 6.45) is -3.00. The molecule has 0 spiro atoms. The Hall–Kier alpha value is -2.32. The number of nitrogens with one attached hydrogen (secondary N) is 1. The summed E-state index contributed by atoms with van der Waals surface area (Å²) in [5.41, 5.74) is -0.612. The van der Waals surface area contributed by atoms with Crippen LogP contribution in [-0.4, -0.2) is 41.6 Å². The number of rotatable bonds is 6. The molecule has 5 nitrogen and oxygen atoms in total. The van der Waals surface area contributed by atoms with Crippen LogP contribution in [0.3, 0.4) is 0 Å². The Morgan fingerprint density at radius 3 is 2.66 bits per heavy atom. The molecule has 1 aliphatic rings. The van der Waals surface area contributed by atoms with Gasteiger partial charge in [0, 0.05) is 25.8 Å². The topological polar surface area (TPSA) is 54.3 Å². The fourth-order valence-corrected chi connectivity index (χ4v) is 3.69. The monoisotopic (exact) mass is 427 g/mol. The lowest BCUT2D eigenvalue weighted by molar-refractivity contribution is -0.138. The predicted octanol–water partition coefficient (Wildman–Crippen LogP) is 3.13. The Balaban J connectivity index is 1.50. The maximum absolute atomic E-state index is 12.9. The van der Waals surface area contributed by atoms with E-state index < -0.39 is 34.8 Å². The van der Waals surface area contributed by atoms with Gasteiger partial charge in [0.2, 0.25) is 5.91 Å². The van der Waals surface area contributed by atoms with Gasteiger partial charge in [-0.3, -0.25) is 9.59 Å². The molecule has 0 aliphatic carbocycles. The number of nitrogens with zero attached hydrogens (tertiary/aromatic N) is 2. The molecule has 1 amide bonds. The fraction of sp³-hybridized carbons (Fsp3) is 0.400. The third-order valence-electron chi connectivity index (χ3n) is 4.98. The van der Waals surface area contributed by atoms with E-state index >= 15 is 0 Å². The Kier molecular flexibility index (Phi) is 6.64. The lowest BCUT2D eigenvalue weighted by atomic mass is 9.99. The number of hydrogen-bond donors (Lipinski definition) is 1. The highest BCUT2D eigenvalue weighted by Gasteiger charge is 2.32. The van der Waals surface area contributed by atoms with Gasteiger partial charge in [-0.15, -0.1) is 0 Å². The molecular formula is C20H21ClF3N3O2. The molecular weight excluding hydrogens is 407 g/mol. The molecule has 2 heterocycles. The maximum atomic E-state index is 12.9. The first kappa shape index (κ1) is 21.4. The number of carbonyl (C=O) groups excluding carboxylic acids is 1. The van der Waals surface area contributed by atoms with E-state index in [1.165, 1.54) is 5.56 Å². The first-order valence-electron chi connectivity index (χ1n) is 9.25. The van der Waals surface area contributed by atoms with Crippen molar-refractivity contribution in [3.05, 3.63) is 69.1 Å². The average molecular weight is 428 g/mol. The maximum Gasteiger partial charge on any atom is 0.417 e. The van der Waals surface area contributed by atoms with Gasteiger partial charge in [-0.2, -0.15) is 13.2 Å². The first-order chi connectivity index (χ1) is 13.7. The number of aromatic nitrogens is 1. The molecule has 156 valence electrons. The van der Waals surface area contributed by atoms with Crippen LogP contribution in [0.25, 0.3) is 0 Å². The second-order valence-electron chi connectivity index (χ2n) is 7.05. The summed E-state index contributed by atoms with van der Waals surface area (Å²) in [5.74, 6) is -0.0842. The molecule has 1 aromatic heterocycles. The third kappa shape index (κ3) is 5.61. The van der Waals surface area contributed by atoms with Crippen LogP contribution in [0.1, 0.15) is 23.5 Å². The van der Waals surface area contributed by atoms with Crippen molar-refractivity contribution in [1.82, 2.24) is 14.8 Å². The minimum absolute atomic E-state index is 0.349. The van der Waals surface area contributed by atoms with E-state index in [1.54, 1.807) is 0 Å². The molecule has 9 heteroatoms. The van der Waals surface area contributed by atoms with Crippen molar-refractivity contribution in [2.24, 2.45) is 0 Å². The van der Waals surface area contributed by atoms with Gasteiger partial charge in [-0.05, 0) is 30.5 Å². The Morgan fingerprint density at radius 2 is 1.97 bits per heavy atom. The largest absolute Gasteiger partial charge is 0.417 e. The smallest absolute Gasteiger partial charge is 0.353 e. The van der Waals surface area contributed by atoms with Crippen LogP contribution in [0.15, 0.2) is 47.4 Å². The van der Waals surface area contributed by atoms with E-state index in [9.17, 15) is 22.8 Å². The molecule has 2 aromatic rings. The van der Waals surface area contributed by atoms with Crippen LogP contribution < -0.4 is 10.9 Å². The van der Waals surface area contributed by atoms with E-state index in [4.69, 9.17) is 11.6 Å². The predicted molar refractivity (Wildman–Crippen MR) is 104 cm³/mol. The molecule has 3 rings (SSSR count).